The van der Waals surface area contributed by atoms with Crippen LogP contribution < -0.4 is 19.1 Å². The van der Waals surface area contributed by atoms with Crippen LogP contribution in [-0.4, -0.2) is 57.5 Å². The van der Waals surface area contributed by atoms with E-state index in [2.05, 4.69) is 5.32 Å². The van der Waals surface area contributed by atoms with Crippen LogP contribution in [0.5, 0.6) is 11.5 Å². The Balaban J connectivity index is 1.85. The van der Waals surface area contributed by atoms with Gasteiger partial charge in [0, 0.05) is 18.5 Å². The van der Waals surface area contributed by atoms with Gasteiger partial charge in [-0.2, -0.15) is 0 Å². The largest absolute Gasteiger partial charge is 0.497 e. The predicted molar refractivity (Wildman–Crippen MR) is 184 cm³/mol. The molecule has 10 heteroatoms. The molecule has 1 N–H and O–H groups in total. The van der Waals surface area contributed by atoms with Gasteiger partial charge in [0.05, 0.1) is 24.8 Å². The molecule has 0 aromatic heterocycles. The van der Waals surface area contributed by atoms with E-state index in [1.807, 2.05) is 82.3 Å². The Labute approximate surface area is 278 Å². The summed E-state index contributed by atoms with van der Waals surface area (Å²) in [5, 5.41) is 3.05. The normalized spacial score (nSPS) is 12.1. The van der Waals surface area contributed by atoms with Crippen LogP contribution in [0.25, 0.3) is 0 Å². The summed E-state index contributed by atoms with van der Waals surface area (Å²) in [6.45, 7) is 7.08. The van der Waals surface area contributed by atoms with Gasteiger partial charge >= 0.3 is 0 Å². The van der Waals surface area contributed by atoms with E-state index in [0.717, 1.165) is 21.0 Å². The molecule has 4 aromatic carbocycles. The lowest BCUT2D eigenvalue weighted by Gasteiger charge is -2.35. The molecule has 0 unspecified atom stereocenters. The minimum absolute atomic E-state index is 0.0337. The minimum Gasteiger partial charge on any atom is -0.497 e. The van der Waals surface area contributed by atoms with Gasteiger partial charge in [-0.25, -0.2) is 8.42 Å². The third-order valence-corrected chi connectivity index (χ3v) is 9.26. The smallest absolute Gasteiger partial charge is 0.264 e. The van der Waals surface area contributed by atoms with Crippen molar-refractivity contribution < 1.29 is 27.5 Å². The molecule has 0 bridgehead atoms. The fraction of sp³-hybridized carbons (Fsp3) is 0.297. The quantitative estimate of drug-likeness (QED) is 0.196. The molecule has 47 heavy (non-hydrogen) atoms. The van der Waals surface area contributed by atoms with E-state index < -0.39 is 34.1 Å². The number of benzene rings is 4. The summed E-state index contributed by atoms with van der Waals surface area (Å²) in [5.74, 6) is -0.139. The second-order valence-corrected chi connectivity index (χ2v) is 14.2. The molecule has 0 fully saturated rings. The molecule has 0 saturated carbocycles. The number of nitrogens with one attached hydrogen (secondary N) is 1. The summed E-state index contributed by atoms with van der Waals surface area (Å²) in [6.07, 6.45) is 0.222. The average Bonchev–Trinajstić information content (AvgIpc) is 3.04. The second kappa shape index (κ2) is 15.2. The molecular weight excluding hydrogens is 614 g/mol. The monoisotopic (exact) mass is 657 g/mol. The highest BCUT2D eigenvalue weighted by molar-refractivity contribution is 7.92. The van der Waals surface area contributed by atoms with Gasteiger partial charge in [-0.3, -0.25) is 13.9 Å². The molecule has 0 aliphatic carbocycles. The lowest BCUT2D eigenvalue weighted by atomic mass is 10.0. The fourth-order valence-corrected chi connectivity index (χ4v) is 6.66. The Morgan fingerprint density at radius 3 is 2.06 bits per heavy atom. The number of amides is 2. The number of ether oxygens (including phenoxy) is 2. The van der Waals surface area contributed by atoms with Crippen LogP contribution in [-0.2, 0) is 32.6 Å². The van der Waals surface area contributed by atoms with Crippen LogP contribution in [0.15, 0.2) is 108 Å². The Bertz CT molecular complexity index is 1770. The van der Waals surface area contributed by atoms with Crippen molar-refractivity contribution in [2.45, 2.75) is 57.1 Å². The maximum atomic E-state index is 14.7. The first-order valence-electron chi connectivity index (χ1n) is 15.3. The van der Waals surface area contributed by atoms with Crippen molar-refractivity contribution in [1.82, 2.24) is 10.2 Å². The number of para-hydroxylation sites is 2. The van der Waals surface area contributed by atoms with E-state index in [-0.39, 0.29) is 35.2 Å². The number of carbonyl (C=O) groups excluding carboxylic acids is 2. The van der Waals surface area contributed by atoms with Gasteiger partial charge in [-0.05, 0) is 75.2 Å². The summed E-state index contributed by atoms with van der Waals surface area (Å²) in [4.78, 5) is 30.2. The van der Waals surface area contributed by atoms with E-state index in [1.54, 1.807) is 36.4 Å². The molecule has 0 spiro atoms. The van der Waals surface area contributed by atoms with Crippen molar-refractivity contribution in [2.75, 3.05) is 25.1 Å². The molecule has 0 heterocycles. The second-order valence-electron chi connectivity index (χ2n) is 12.3. The third-order valence-electron chi connectivity index (χ3n) is 7.48. The molecule has 0 aliphatic rings. The Morgan fingerprint density at radius 2 is 1.45 bits per heavy atom. The standard InChI is InChI=1S/C37H43N3O6S/c1-27-13-12-16-29(23-27)25-39(33(36(42)38-37(2,3)4)24-28-14-8-7-9-15-28)35(41)26-40(32-17-10-11-18-34(32)46-6)47(43,44)31-21-19-30(45-5)20-22-31/h7-23,33H,24-26H2,1-6H3,(H,38,42)/t33-/m1/s1. The molecule has 4 aromatic rings. The van der Waals surface area contributed by atoms with Crippen molar-refractivity contribution in [3.8, 4) is 11.5 Å². The van der Waals surface area contributed by atoms with Gasteiger partial charge in [-0.15, -0.1) is 0 Å². The highest BCUT2D eigenvalue weighted by atomic mass is 32.2. The van der Waals surface area contributed by atoms with Gasteiger partial charge in [-0.1, -0.05) is 72.3 Å². The van der Waals surface area contributed by atoms with Gasteiger partial charge in [0.2, 0.25) is 11.8 Å². The van der Waals surface area contributed by atoms with Gasteiger partial charge in [0.1, 0.15) is 24.1 Å². The topological polar surface area (TPSA) is 105 Å². The summed E-state index contributed by atoms with van der Waals surface area (Å²) in [6, 6.07) is 28.8. The zero-order valence-electron chi connectivity index (χ0n) is 27.8. The summed E-state index contributed by atoms with van der Waals surface area (Å²) >= 11 is 0. The Kier molecular flexibility index (Phi) is 11.3. The lowest BCUT2D eigenvalue weighted by molar-refractivity contribution is -0.140. The number of anilines is 1. The van der Waals surface area contributed by atoms with Crippen LogP contribution in [0.1, 0.15) is 37.5 Å². The van der Waals surface area contributed by atoms with E-state index >= 15 is 0 Å². The van der Waals surface area contributed by atoms with Crippen molar-refractivity contribution in [3.63, 3.8) is 0 Å². The van der Waals surface area contributed by atoms with Crippen molar-refractivity contribution in [3.05, 3.63) is 120 Å². The number of sulfonamides is 1. The first-order valence-corrected chi connectivity index (χ1v) is 16.8. The summed E-state index contributed by atoms with van der Waals surface area (Å²) < 4.78 is 40.5. The van der Waals surface area contributed by atoms with Crippen molar-refractivity contribution >= 4 is 27.5 Å². The molecule has 2 amide bonds. The first-order chi connectivity index (χ1) is 22.3. The van der Waals surface area contributed by atoms with Crippen molar-refractivity contribution in [1.29, 1.82) is 0 Å². The summed E-state index contributed by atoms with van der Waals surface area (Å²) in [5.41, 5.74) is 2.27. The van der Waals surface area contributed by atoms with Gasteiger partial charge < -0.3 is 19.7 Å². The number of aryl methyl sites for hydroxylation is 1. The minimum atomic E-state index is -4.30. The van der Waals surface area contributed by atoms with Crippen LogP contribution in [0.3, 0.4) is 0 Å². The molecule has 248 valence electrons. The fourth-order valence-electron chi connectivity index (χ4n) is 5.24. The van der Waals surface area contributed by atoms with E-state index in [4.69, 9.17) is 9.47 Å². The number of hydrogen-bond donors (Lipinski definition) is 1. The van der Waals surface area contributed by atoms with E-state index in [9.17, 15) is 18.0 Å². The highest BCUT2D eigenvalue weighted by Crippen LogP contribution is 2.33. The number of methoxy groups -OCH3 is 2. The number of rotatable bonds is 13. The maximum absolute atomic E-state index is 14.7. The molecular formula is C37H43N3O6S. The maximum Gasteiger partial charge on any atom is 0.264 e. The SMILES string of the molecule is COc1ccc(S(=O)(=O)N(CC(=O)N(Cc2cccc(C)c2)[C@H](Cc2ccccc2)C(=O)NC(C)(C)C)c2ccccc2OC)cc1. The Hall–Kier alpha value is -4.83. The highest BCUT2D eigenvalue weighted by Gasteiger charge is 2.36. The van der Waals surface area contributed by atoms with E-state index in [0.29, 0.717) is 5.75 Å². The van der Waals surface area contributed by atoms with Crippen molar-refractivity contribution in [2.24, 2.45) is 0 Å². The third kappa shape index (κ3) is 9.13. The molecule has 1 atom stereocenters. The van der Waals surface area contributed by atoms with Crippen LogP contribution >= 0.6 is 0 Å². The number of carbonyl (C=O) groups is 2. The molecule has 0 saturated heterocycles. The summed E-state index contributed by atoms with van der Waals surface area (Å²) in [7, 11) is -1.37. The van der Waals surface area contributed by atoms with Crippen LogP contribution in [0, 0.1) is 6.92 Å². The van der Waals surface area contributed by atoms with E-state index in [1.165, 1.54) is 31.3 Å². The molecule has 4 rings (SSSR count). The zero-order chi connectivity index (χ0) is 34.2. The van der Waals surface area contributed by atoms with Gasteiger partial charge in [0.25, 0.3) is 10.0 Å². The molecule has 9 nitrogen and oxygen atoms in total. The molecule has 0 aliphatic heterocycles. The average molecular weight is 658 g/mol. The van der Waals surface area contributed by atoms with Gasteiger partial charge in [0.15, 0.2) is 0 Å². The predicted octanol–water partition coefficient (Wildman–Crippen LogP) is 5.76. The lowest BCUT2D eigenvalue weighted by Crippen LogP contribution is -2.56. The number of nitrogens with zero attached hydrogens (tertiary/aromatic N) is 2. The molecule has 0 radical (unpaired) electrons. The first kappa shape index (κ1) is 35.0. The zero-order valence-corrected chi connectivity index (χ0v) is 28.6. The number of hydrogen-bond acceptors (Lipinski definition) is 6. The Morgan fingerprint density at radius 1 is 0.809 bits per heavy atom. The van der Waals surface area contributed by atoms with Crippen LogP contribution in [0.2, 0.25) is 0 Å². The van der Waals surface area contributed by atoms with Crippen LogP contribution in [0.4, 0.5) is 5.69 Å².